The van der Waals surface area contributed by atoms with Gasteiger partial charge in [-0.2, -0.15) is 0 Å². The molecule has 0 bridgehead atoms. The molecule has 0 unspecified atom stereocenters. The van der Waals surface area contributed by atoms with Crippen LogP contribution in [0.1, 0.15) is 34.1 Å². The monoisotopic (exact) mass is 213 g/mol. The number of hydrogen-bond acceptors (Lipinski definition) is 3. The molecule has 0 aromatic rings. The third kappa shape index (κ3) is 3.73. The van der Waals surface area contributed by atoms with Crippen LogP contribution >= 0.6 is 0 Å². The highest BCUT2D eigenvalue weighted by Gasteiger charge is 2.16. The average molecular weight is 213 g/mol. The highest BCUT2D eigenvalue weighted by Crippen LogP contribution is 2.13. The summed E-state index contributed by atoms with van der Waals surface area (Å²) in [6.45, 7) is 7.18. The largest absolute Gasteiger partial charge is 0.463 e. The molecule has 0 aliphatic rings. The van der Waals surface area contributed by atoms with Crippen LogP contribution in [0.3, 0.4) is 0 Å². The fourth-order valence-corrected chi connectivity index (χ4v) is 1.20. The maximum absolute atomic E-state index is 11.5. The standard InChI is InChI=1S/C11H19NO3/c1-6-10(11(14)15-7-2)8(3)12(5)9(4)13/h6-7H2,1-5H3/b10-8+. The van der Waals surface area contributed by atoms with Gasteiger partial charge < -0.3 is 9.64 Å². The zero-order chi connectivity index (χ0) is 12.0. The van der Waals surface area contributed by atoms with Gasteiger partial charge >= 0.3 is 5.97 Å². The van der Waals surface area contributed by atoms with Gasteiger partial charge in [0.25, 0.3) is 0 Å². The molecule has 0 radical (unpaired) electrons. The van der Waals surface area contributed by atoms with E-state index >= 15 is 0 Å². The van der Waals surface area contributed by atoms with Gasteiger partial charge in [-0.3, -0.25) is 4.79 Å². The molecule has 4 heteroatoms. The maximum Gasteiger partial charge on any atom is 0.335 e. The molecule has 86 valence electrons. The molecule has 0 N–H and O–H groups in total. The van der Waals surface area contributed by atoms with E-state index in [1.165, 1.54) is 11.8 Å². The van der Waals surface area contributed by atoms with E-state index < -0.39 is 0 Å². The number of carbonyl (C=O) groups excluding carboxylic acids is 2. The fourth-order valence-electron chi connectivity index (χ4n) is 1.20. The Morgan fingerprint density at radius 2 is 1.73 bits per heavy atom. The van der Waals surface area contributed by atoms with Crippen molar-refractivity contribution in [1.29, 1.82) is 0 Å². The van der Waals surface area contributed by atoms with Crippen molar-refractivity contribution in [1.82, 2.24) is 4.90 Å². The molecule has 0 spiro atoms. The second-order valence-electron chi connectivity index (χ2n) is 3.22. The van der Waals surface area contributed by atoms with Gasteiger partial charge in [0.1, 0.15) is 0 Å². The van der Waals surface area contributed by atoms with Crippen molar-refractivity contribution in [3.05, 3.63) is 11.3 Å². The Labute approximate surface area is 90.9 Å². The summed E-state index contributed by atoms with van der Waals surface area (Å²) in [7, 11) is 1.65. The summed E-state index contributed by atoms with van der Waals surface area (Å²) in [5, 5.41) is 0. The van der Waals surface area contributed by atoms with E-state index in [0.717, 1.165) is 0 Å². The van der Waals surface area contributed by atoms with E-state index in [2.05, 4.69) is 0 Å². The van der Waals surface area contributed by atoms with Gasteiger partial charge in [0.2, 0.25) is 5.91 Å². The Morgan fingerprint density at radius 1 is 1.20 bits per heavy atom. The number of hydrogen-bond donors (Lipinski definition) is 0. The van der Waals surface area contributed by atoms with Crippen molar-refractivity contribution >= 4 is 11.9 Å². The smallest absolute Gasteiger partial charge is 0.335 e. The van der Waals surface area contributed by atoms with E-state index in [9.17, 15) is 9.59 Å². The first kappa shape index (κ1) is 13.7. The Morgan fingerprint density at radius 3 is 2.07 bits per heavy atom. The Balaban J connectivity index is 4.96. The van der Waals surface area contributed by atoms with Gasteiger partial charge in [0, 0.05) is 19.7 Å². The van der Waals surface area contributed by atoms with Crippen LogP contribution in [0.4, 0.5) is 0 Å². The van der Waals surface area contributed by atoms with Gasteiger partial charge in [0.05, 0.1) is 12.2 Å². The number of amides is 1. The van der Waals surface area contributed by atoms with Crippen LogP contribution in [0, 0.1) is 0 Å². The number of esters is 1. The number of ether oxygens (including phenoxy) is 1. The second kappa shape index (κ2) is 6.22. The van der Waals surface area contributed by atoms with Crippen LogP contribution in [-0.4, -0.2) is 30.4 Å². The van der Waals surface area contributed by atoms with Crippen molar-refractivity contribution < 1.29 is 14.3 Å². The molecular formula is C11H19NO3. The summed E-state index contributed by atoms with van der Waals surface area (Å²) in [4.78, 5) is 24.1. The average Bonchev–Trinajstić information content (AvgIpc) is 2.17. The predicted octanol–water partition coefficient (Wildman–Crippen LogP) is 1.71. The lowest BCUT2D eigenvalue weighted by atomic mass is 10.1. The summed E-state index contributed by atoms with van der Waals surface area (Å²) in [6.07, 6.45) is 0.558. The van der Waals surface area contributed by atoms with Crippen LogP contribution < -0.4 is 0 Å². The van der Waals surface area contributed by atoms with Crippen molar-refractivity contribution in [2.24, 2.45) is 0 Å². The van der Waals surface area contributed by atoms with E-state index in [1.54, 1.807) is 20.9 Å². The van der Waals surface area contributed by atoms with Crippen molar-refractivity contribution in [2.45, 2.75) is 34.1 Å². The third-order valence-corrected chi connectivity index (χ3v) is 2.29. The Hall–Kier alpha value is -1.32. The van der Waals surface area contributed by atoms with E-state index in [0.29, 0.717) is 24.3 Å². The molecule has 0 aromatic heterocycles. The first-order valence-electron chi connectivity index (χ1n) is 5.06. The molecule has 15 heavy (non-hydrogen) atoms. The lowest BCUT2D eigenvalue weighted by molar-refractivity contribution is -0.138. The first-order chi connectivity index (χ1) is 6.95. The third-order valence-electron chi connectivity index (χ3n) is 2.29. The maximum atomic E-state index is 11.5. The fraction of sp³-hybridized carbons (Fsp3) is 0.636. The van der Waals surface area contributed by atoms with Crippen LogP contribution in [-0.2, 0) is 14.3 Å². The Bertz CT molecular complexity index is 282. The molecule has 0 saturated carbocycles. The molecule has 0 fully saturated rings. The topological polar surface area (TPSA) is 46.6 Å². The highest BCUT2D eigenvalue weighted by atomic mass is 16.5. The SMILES string of the molecule is CCOC(=O)/C(CC)=C(\C)N(C)C(C)=O. The lowest BCUT2D eigenvalue weighted by Crippen LogP contribution is -2.25. The number of carbonyl (C=O) groups is 2. The van der Waals surface area contributed by atoms with Crippen LogP contribution in [0.2, 0.25) is 0 Å². The van der Waals surface area contributed by atoms with Crippen molar-refractivity contribution in [2.75, 3.05) is 13.7 Å². The molecule has 0 aliphatic carbocycles. The van der Waals surface area contributed by atoms with Crippen LogP contribution in [0.5, 0.6) is 0 Å². The molecule has 0 saturated heterocycles. The molecule has 4 nitrogen and oxygen atoms in total. The van der Waals surface area contributed by atoms with Crippen molar-refractivity contribution in [3.8, 4) is 0 Å². The van der Waals surface area contributed by atoms with Crippen LogP contribution in [0.25, 0.3) is 0 Å². The van der Waals surface area contributed by atoms with Gasteiger partial charge in [0.15, 0.2) is 0 Å². The summed E-state index contributed by atoms with van der Waals surface area (Å²) >= 11 is 0. The van der Waals surface area contributed by atoms with Crippen molar-refractivity contribution in [3.63, 3.8) is 0 Å². The van der Waals surface area contributed by atoms with Gasteiger partial charge in [-0.05, 0) is 20.3 Å². The van der Waals surface area contributed by atoms with Gasteiger partial charge in [-0.15, -0.1) is 0 Å². The summed E-state index contributed by atoms with van der Waals surface area (Å²) in [5.74, 6) is -0.437. The van der Waals surface area contributed by atoms with Gasteiger partial charge in [-0.1, -0.05) is 6.92 Å². The molecule has 0 aliphatic heterocycles. The highest BCUT2D eigenvalue weighted by molar-refractivity contribution is 5.90. The zero-order valence-electron chi connectivity index (χ0n) is 10.1. The number of rotatable bonds is 4. The lowest BCUT2D eigenvalue weighted by Gasteiger charge is -2.18. The predicted molar refractivity (Wildman–Crippen MR) is 58.1 cm³/mol. The minimum atomic E-state index is -0.342. The normalized spacial score (nSPS) is 11.8. The minimum absolute atomic E-state index is 0.0947. The molecule has 0 atom stereocenters. The molecule has 1 amide bonds. The first-order valence-corrected chi connectivity index (χ1v) is 5.06. The van der Waals surface area contributed by atoms with E-state index in [-0.39, 0.29) is 11.9 Å². The summed E-state index contributed by atoms with van der Waals surface area (Å²) in [5.41, 5.74) is 1.21. The zero-order valence-corrected chi connectivity index (χ0v) is 10.1. The molecule has 0 heterocycles. The molecule has 0 aromatic carbocycles. The quantitative estimate of drug-likeness (QED) is 0.527. The van der Waals surface area contributed by atoms with E-state index in [4.69, 9.17) is 4.74 Å². The number of allylic oxidation sites excluding steroid dienone is 1. The molecular weight excluding hydrogens is 194 g/mol. The Kier molecular flexibility index (Phi) is 5.67. The molecule has 0 rings (SSSR count). The summed E-state index contributed by atoms with van der Waals surface area (Å²) < 4.78 is 4.91. The van der Waals surface area contributed by atoms with Crippen LogP contribution in [0.15, 0.2) is 11.3 Å². The second-order valence-corrected chi connectivity index (χ2v) is 3.22. The summed E-state index contributed by atoms with van der Waals surface area (Å²) in [6, 6.07) is 0. The minimum Gasteiger partial charge on any atom is -0.463 e. The number of nitrogens with zero attached hydrogens (tertiary/aromatic N) is 1. The van der Waals surface area contributed by atoms with Gasteiger partial charge in [-0.25, -0.2) is 4.79 Å². The van der Waals surface area contributed by atoms with E-state index in [1.807, 2.05) is 6.92 Å².